The van der Waals surface area contributed by atoms with Gasteiger partial charge in [-0.25, -0.2) is 0 Å². The minimum Gasteiger partial charge on any atom is -0.369 e. The number of hydrogen-bond donors (Lipinski definition) is 2. The Labute approximate surface area is 100 Å². The maximum Gasteiger partial charge on any atom is 0.253 e. The Kier molecular flexibility index (Phi) is 3.35. The first kappa shape index (κ1) is 12.3. The van der Waals surface area contributed by atoms with E-state index in [1.807, 2.05) is 6.92 Å². The second kappa shape index (κ2) is 4.62. The molecule has 2 aliphatic heterocycles. The van der Waals surface area contributed by atoms with Crippen LogP contribution >= 0.6 is 0 Å². The Balaban J connectivity index is 1.95. The summed E-state index contributed by atoms with van der Waals surface area (Å²) in [6.45, 7) is 4.67. The van der Waals surface area contributed by atoms with Crippen LogP contribution in [0.3, 0.4) is 0 Å². The quantitative estimate of drug-likeness (QED) is 0.629. The predicted molar refractivity (Wildman–Crippen MR) is 61.1 cm³/mol. The van der Waals surface area contributed by atoms with Gasteiger partial charge >= 0.3 is 0 Å². The first-order valence-corrected chi connectivity index (χ1v) is 5.94. The van der Waals surface area contributed by atoms with E-state index in [4.69, 9.17) is 10.5 Å². The Morgan fingerprint density at radius 1 is 1.53 bits per heavy atom. The van der Waals surface area contributed by atoms with Crippen LogP contribution in [-0.2, 0) is 14.3 Å². The van der Waals surface area contributed by atoms with E-state index in [9.17, 15) is 9.59 Å². The first-order valence-electron chi connectivity index (χ1n) is 5.94. The van der Waals surface area contributed by atoms with Crippen molar-refractivity contribution in [2.24, 2.45) is 11.1 Å². The Morgan fingerprint density at radius 3 is 2.82 bits per heavy atom. The number of nitrogens with one attached hydrogen (secondary N) is 1. The topological polar surface area (TPSA) is 84.7 Å². The van der Waals surface area contributed by atoms with Crippen molar-refractivity contribution in [1.82, 2.24) is 10.2 Å². The molecular formula is C11H19N3O3. The van der Waals surface area contributed by atoms with Crippen LogP contribution < -0.4 is 11.1 Å². The van der Waals surface area contributed by atoms with Crippen LogP contribution in [0.2, 0.25) is 0 Å². The summed E-state index contributed by atoms with van der Waals surface area (Å²) < 4.78 is 5.41. The molecule has 3 N–H and O–H groups in total. The maximum absolute atomic E-state index is 12.1. The predicted octanol–water partition coefficient (Wildman–Crippen LogP) is -1.30. The van der Waals surface area contributed by atoms with Crippen LogP contribution in [-0.4, -0.2) is 55.6 Å². The summed E-state index contributed by atoms with van der Waals surface area (Å²) in [5.41, 5.74) is 4.77. The number of nitrogens with zero attached hydrogens (tertiary/aromatic N) is 1. The van der Waals surface area contributed by atoms with Gasteiger partial charge in [-0.15, -0.1) is 0 Å². The van der Waals surface area contributed by atoms with E-state index in [1.54, 1.807) is 4.90 Å². The normalized spacial score (nSPS) is 33.7. The molecule has 0 radical (unpaired) electrons. The maximum atomic E-state index is 12.1. The zero-order chi connectivity index (χ0) is 12.5. The largest absolute Gasteiger partial charge is 0.369 e. The lowest BCUT2D eigenvalue weighted by molar-refractivity contribution is -0.144. The molecule has 2 amide bonds. The molecular weight excluding hydrogens is 222 g/mol. The van der Waals surface area contributed by atoms with E-state index in [2.05, 4.69) is 5.32 Å². The fourth-order valence-corrected chi connectivity index (χ4v) is 2.28. The molecule has 0 bridgehead atoms. The highest BCUT2D eigenvalue weighted by molar-refractivity contribution is 5.85. The molecule has 17 heavy (non-hydrogen) atoms. The van der Waals surface area contributed by atoms with E-state index in [0.29, 0.717) is 32.7 Å². The molecule has 2 unspecified atom stereocenters. The third kappa shape index (κ3) is 2.42. The molecule has 6 nitrogen and oxygen atoms in total. The highest BCUT2D eigenvalue weighted by Crippen LogP contribution is 2.29. The summed E-state index contributed by atoms with van der Waals surface area (Å²) in [6, 6.07) is 0. The monoisotopic (exact) mass is 241 g/mol. The van der Waals surface area contributed by atoms with Crippen molar-refractivity contribution >= 4 is 11.8 Å². The van der Waals surface area contributed by atoms with E-state index < -0.39 is 11.5 Å². The van der Waals surface area contributed by atoms with Crippen molar-refractivity contribution in [1.29, 1.82) is 0 Å². The summed E-state index contributed by atoms with van der Waals surface area (Å²) in [5, 5.41) is 3.12. The summed E-state index contributed by atoms with van der Waals surface area (Å²) in [4.78, 5) is 25.1. The van der Waals surface area contributed by atoms with Gasteiger partial charge in [0, 0.05) is 26.2 Å². The third-order valence-corrected chi connectivity index (χ3v) is 3.58. The van der Waals surface area contributed by atoms with Crippen LogP contribution in [0.1, 0.15) is 13.3 Å². The molecule has 0 aromatic rings. The Morgan fingerprint density at radius 2 is 2.29 bits per heavy atom. The zero-order valence-electron chi connectivity index (χ0n) is 10.1. The van der Waals surface area contributed by atoms with Crippen LogP contribution in [0.4, 0.5) is 0 Å². The lowest BCUT2D eigenvalue weighted by Gasteiger charge is -2.28. The van der Waals surface area contributed by atoms with Gasteiger partial charge in [-0.1, -0.05) is 0 Å². The zero-order valence-corrected chi connectivity index (χ0v) is 10.1. The van der Waals surface area contributed by atoms with Crippen LogP contribution in [0, 0.1) is 5.41 Å². The number of carbonyl (C=O) groups excluding carboxylic acids is 2. The van der Waals surface area contributed by atoms with Gasteiger partial charge in [0.2, 0.25) is 5.91 Å². The molecule has 0 aromatic carbocycles. The van der Waals surface area contributed by atoms with Gasteiger partial charge in [-0.3, -0.25) is 9.59 Å². The standard InChI is InChI=1S/C11H19N3O3/c1-11(10(12)16)2-4-14(7-11)9(15)8-6-13-3-5-17-8/h8,13H,2-7H2,1H3,(H2,12,16). The summed E-state index contributed by atoms with van der Waals surface area (Å²) in [5.74, 6) is -0.377. The number of morpholine rings is 1. The number of amides is 2. The molecule has 96 valence electrons. The molecule has 0 saturated carbocycles. The molecule has 0 spiro atoms. The van der Waals surface area contributed by atoms with Gasteiger partial charge in [0.05, 0.1) is 12.0 Å². The van der Waals surface area contributed by atoms with Gasteiger partial charge < -0.3 is 20.7 Å². The molecule has 2 heterocycles. The van der Waals surface area contributed by atoms with Crippen LogP contribution in [0.5, 0.6) is 0 Å². The van der Waals surface area contributed by atoms with Crippen molar-refractivity contribution in [3.8, 4) is 0 Å². The molecule has 0 aromatic heterocycles. The number of likely N-dealkylation sites (tertiary alicyclic amines) is 1. The lowest BCUT2D eigenvalue weighted by atomic mass is 9.89. The smallest absolute Gasteiger partial charge is 0.253 e. The van der Waals surface area contributed by atoms with E-state index in [-0.39, 0.29) is 11.8 Å². The van der Waals surface area contributed by atoms with Gasteiger partial charge in [0.25, 0.3) is 5.91 Å². The fraction of sp³-hybridized carbons (Fsp3) is 0.818. The average molecular weight is 241 g/mol. The van der Waals surface area contributed by atoms with Gasteiger partial charge in [-0.2, -0.15) is 0 Å². The molecule has 6 heteroatoms. The molecule has 2 aliphatic rings. The minimum atomic E-state index is -0.586. The highest BCUT2D eigenvalue weighted by atomic mass is 16.5. The molecule has 2 atom stereocenters. The average Bonchev–Trinajstić information content (AvgIpc) is 2.74. The van der Waals surface area contributed by atoms with Crippen LogP contribution in [0.25, 0.3) is 0 Å². The number of hydrogen-bond acceptors (Lipinski definition) is 4. The second-order valence-corrected chi connectivity index (χ2v) is 5.00. The fourth-order valence-electron chi connectivity index (χ4n) is 2.28. The van der Waals surface area contributed by atoms with Gasteiger partial charge in [-0.05, 0) is 13.3 Å². The summed E-state index contributed by atoms with van der Waals surface area (Å²) >= 11 is 0. The molecule has 0 aliphatic carbocycles. The van der Waals surface area contributed by atoms with E-state index in [0.717, 1.165) is 6.54 Å². The van der Waals surface area contributed by atoms with E-state index in [1.165, 1.54) is 0 Å². The molecule has 2 fully saturated rings. The third-order valence-electron chi connectivity index (χ3n) is 3.58. The number of nitrogens with two attached hydrogens (primary N) is 1. The second-order valence-electron chi connectivity index (χ2n) is 5.00. The van der Waals surface area contributed by atoms with Crippen molar-refractivity contribution in [2.75, 3.05) is 32.8 Å². The molecule has 2 saturated heterocycles. The van der Waals surface area contributed by atoms with Gasteiger partial charge in [0.15, 0.2) is 0 Å². The van der Waals surface area contributed by atoms with Crippen molar-refractivity contribution in [3.63, 3.8) is 0 Å². The minimum absolute atomic E-state index is 0.0397. The van der Waals surface area contributed by atoms with Gasteiger partial charge in [0.1, 0.15) is 6.10 Å². The van der Waals surface area contributed by atoms with Crippen molar-refractivity contribution in [3.05, 3.63) is 0 Å². The number of primary amides is 1. The first-order chi connectivity index (χ1) is 8.03. The number of carbonyl (C=O) groups is 2. The SMILES string of the molecule is CC1(C(N)=O)CCN(C(=O)C2CNCCO2)C1. The number of rotatable bonds is 2. The van der Waals surface area contributed by atoms with Crippen LogP contribution in [0.15, 0.2) is 0 Å². The number of ether oxygens (including phenoxy) is 1. The lowest BCUT2D eigenvalue weighted by Crippen LogP contribution is -2.49. The Bertz CT molecular complexity index is 328. The molecule has 2 rings (SSSR count). The summed E-state index contributed by atoms with van der Waals surface area (Å²) in [6.07, 6.45) is 0.216. The highest BCUT2D eigenvalue weighted by Gasteiger charge is 2.42. The van der Waals surface area contributed by atoms with Crippen molar-refractivity contribution in [2.45, 2.75) is 19.4 Å². The van der Waals surface area contributed by atoms with E-state index >= 15 is 0 Å². The summed E-state index contributed by atoms with van der Waals surface area (Å²) in [7, 11) is 0. The Hall–Kier alpha value is -1.14. The van der Waals surface area contributed by atoms with Crippen molar-refractivity contribution < 1.29 is 14.3 Å².